The van der Waals surface area contributed by atoms with Crippen molar-refractivity contribution < 1.29 is 4.74 Å². The number of rotatable bonds is 4. The quantitative estimate of drug-likeness (QED) is 0.867. The summed E-state index contributed by atoms with van der Waals surface area (Å²) in [6.45, 7) is 2.78. The molecule has 0 fully saturated rings. The molecule has 0 spiro atoms. The highest BCUT2D eigenvalue weighted by Gasteiger charge is 2.31. The standard InChI is InChI=1S/C18H20N4OS/c1-3-19-18(24)22-17(13-7-9-14(23-2)10-8-13)12-16(21-22)15-6-4-5-11-20-15/h4-11,17H,3,12H2,1-2H3,(H,19,24). The number of methoxy groups -OCH3 is 1. The van der Waals surface area contributed by atoms with Crippen molar-refractivity contribution in [3.63, 3.8) is 0 Å². The third-order valence-corrected chi connectivity index (χ3v) is 4.24. The lowest BCUT2D eigenvalue weighted by molar-refractivity contribution is 0.364. The van der Waals surface area contributed by atoms with Gasteiger partial charge in [0.05, 0.1) is 24.6 Å². The fourth-order valence-corrected chi connectivity index (χ4v) is 3.02. The van der Waals surface area contributed by atoms with E-state index in [-0.39, 0.29) is 6.04 Å². The van der Waals surface area contributed by atoms with Gasteiger partial charge in [-0.05, 0) is 49.0 Å². The number of nitrogens with zero attached hydrogens (tertiary/aromatic N) is 3. The minimum absolute atomic E-state index is 0.0551. The number of ether oxygens (including phenoxy) is 1. The Morgan fingerprint density at radius 1 is 1.29 bits per heavy atom. The number of nitrogens with one attached hydrogen (secondary N) is 1. The van der Waals surface area contributed by atoms with E-state index in [2.05, 4.69) is 22.4 Å². The van der Waals surface area contributed by atoms with Gasteiger partial charge in [0.1, 0.15) is 5.75 Å². The van der Waals surface area contributed by atoms with E-state index < -0.39 is 0 Å². The third kappa shape index (κ3) is 3.38. The molecule has 1 unspecified atom stereocenters. The Labute approximate surface area is 147 Å². The lowest BCUT2D eigenvalue weighted by atomic mass is 10.0. The summed E-state index contributed by atoms with van der Waals surface area (Å²) in [4.78, 5) is 4.41. The molecular formula is C18H20N4OS. The summed E-state index contributed by atoms with van der Waals surface area (Å²) in [6.07, 6.45) is 2.54. The average molecular weight is 340 g/mol. The summed E-state index contributed by atoms with van der Waals surface area (Å²) in [7, 11) is 1.67. The molecule has 0 saturated carbocycles. The van der Waals surface area contributed by atoms with Crippen LogP contribution in [0.3, 0.4) is 0 Å². The molecule has 1 N–H and O–H groups in total. The van der Waals surface area contributed by atoms with Crippen LogP contribution < -0.4 is 10.1 Å². The second kappa shape index (κ2) is 7.40. The van der Waals surface area contributed by atoms with E-state index in [9.17, 15) is 0 Å². The Morgan fingerprint density at radius 2 is 2.08 bits per heavy atom. The maximum absolute atomic E-state index is 5.50. The van der Waals surface area contributed by atoms with E-state index in [0.29, 0.717) is 5.11 Å². The summed E-state index contributed by atoms with van der Waals surface area (Å²) in [5.41, 5.74) is 2.97. The van der Waals surface area contributed by atoms with Gasteiger partial charge in [0.25, 0.3) is 0 Å². The molecule has 0 bridgehead atoms. The number of benzene rings is 1. The van der Waals surface area contributed by atoms with Crippen LogP contribution in [0, 0.1) is 0 Å². The highest BCUT2D eigenvalue weighted by atomic mass is 32.1. The van der Waals surface area contributed by atoms with Crippen molar-refractivity contribution in [2.75, 3.05) is 13.7 Å². The fraction of sp³-hybridized carbons (Fsp3) is 0.278. The molecule has 5 nitrogen and oxygen atoms in total. The number of hydrogen-bond donors (Lipinski definition) is 1. The monoisotopic (exact) mass is 340 g/mol. The topological polar surface area (TPSA) is 49.8 Å². The van der Waals surface area contributed by atoms with Gasteiger partial charge in [-0.25, -0.2) is 5.01 Å². The van der Waals surface area contributed by atoms with Crippen molar-refractivity contribution in [3.8, 4) is 5.75 Å². The van der Waals surface area contributed by atoms with E-state index in [0.717, 1.165) is 35.7 Å². The smallest absolute Gasteiger partial charge is 0.190 e. The first kappa shape index (κ1) is 16.4. The summed E-state index contributed by atoms with van der Waals surface area (Å²) in [6, 6.07) is 13.9. The van der Waals surface area contributed by atoms with Gasteiger partial charge in [-0.15, -0.1) is 0 Å². The second-order valence-corrected chi connectivity index (χ2v) is 5.82. The zero-order valence-electron chi connectivity index (χ0n) is 13.8. The Kier molecular flexibility index (Phi) is 5.05. The van der Waals surface area contributed by atoms with Crippen molar-refractivity contribution in [2.24, 2.45) is 5.10 Å². The van der Waals surface area contributed by atoms with E-state index >= 15 is 0 Å². The maximum atomic E-state index is 5.50. The number of hydrazone groups is 1. The van der Waals surface area contributed by atoms with Crippen molar-refractivity contribution >= 4 is 23.0 Å². The number of pyridine rings is 1. The molecule has 0 aliphatic carbocycles. The molecule has 0 saturated heterocycles. The molecule has 2 aromatic rings. The summed E-state index contributed by atoms with van der Waals surface area (Å²) in [5, 5.41) is 10.4. The molecule has 1 aliphatic heterocycles. The first-order chi connectivity index (χ1) is 11.7. The molecule has 1 aromatic carbocycles. The molecule has 3 rings (SSSR count). The van der Waals surface area contributed by atoms with E-state index in [1.54, 1.807) is 13.3 Å². The van der Waals surface area contributed by atoms with Crippen LogP contribution in [0.1, 0.15) is 30.6 Å². The van der Waals surface area contributed by atoms with Crippen molar-refractivity contribution in [2.45, 2.75) is 19.4 Å². The number of aromatic nitrogens is 1. The second-order valence-electron chi connectivity index (χ2n) is 5.43. The normalized spacial score (nSPS) is 16.7. The van der Waals surface area contributed by atoms with Crippen LogP contribution in [0.15, 0.2) is 53.8 Å². The van der Waals surface area contributed by atoms with Gasteiger partial charge in [-0.2, -0.15) is 5.10 Å². The zero-order chi connectivity index (χ0) is 16.9. The van der Waals surface area contributed by atoms with Crippen molar-refractivity contribution in [3.05, 3.63) is 59.9 Å². The highest BCUT2D eigenvalue weighted by molar-refractivity contribution is 7.80. The molecule has 6 heteroatoms. The van der Waals surface area contributed by atoms with Gasteiger partial charge in [0, 0.05) is 19.2 Å². The number of hydrogen-bond acceptors (Lipinski definition) is 4. The van der Waals surface area contributed by atoms with Gasteiger partial charge in [-0.3, -0.25) is 4.98 Å². The van der Waals surface area contributed by atoms with Crippen LogP contribution in [0.25, 0.3) is 0 Å². The van der Waals surface area contributed by atoms with Crippen LogP contribution in [0.4, 0.5) is 0 Å². The van der Waals surface area contributed by atoms with Crippen LogP contribution in [0.2, 0.25) is 0 Å². The van der Waals surface area contributed by atoms with E-state index in [4.69, 9.17) is 22.1 Å². The lowest BCUT2D eigenvalue weighted by Gasteiger charge is -2.24. The van der Waals surface area contributed by atoms with Crippen molar-refractivity contribution in [1.82, 2.24) is 15.3 Å². The van der Waals surface area contributed by atoms with Crippen LogP contribution in [-0.4, -0.2) is 34.5 Å². The molecule has 1 aliphatic rings. The molecule has 0 radical (unpaired) electrons. The van der Waals surface area contributed by atoms with E-state index in [1.165, 1.54) is 0 Å². The third-order valence-electron chi connectivity index (χ3n) is 3.91. The van der Waals surface area contributed by atoms with Gasteiger partial charge in [0.2, 0.25) is 0 Å². The molecule has 24 heavy (non-hydrogen) atoms. The van der Waals surface area contributed by atoms with Crippen LogP contribution in [-0.2, 0) is 0 Å². The highest BCUT2D eigenvalue weighted by Crippen LogP contribution is 2.33. The minimum atomic E-state index is 0.0551. The van der Waals surface area contributed by atoms with Crippen LogP contribution in [0.5, 0.6) is 5.75 Å². The molecule has 1 atom stereocenters. The average Bonchev–Trinajstić information content (AvgIpc) is 3.08. The fourth-order valence-electron chi connectivity index (χ4n) is 2.70. The summed E-state index contributed by atoms with van der Waals surface area (Å²) < 4.78 is 5.24. The van der Waals surface area contributed by atoms with Crippen molar-refractivity contribution in [1.29, 1.82) is 0 Å². The Morgan fingerprint density at radius 3 is 2.71 bits per heavy atom. The SMILES string of the molecule is CCNC(=S)N1N=C(c2ccccn2)CC1c1ccc(OC)cc1. The van der Waals surface area contributed by atoms with Gasteiger partial charge in [-0.1, -0.05) is 18.2 Å². The van der Waals surface area contributed by atoms with Gasteiger partial charge >= 0.3 is 0 Å². The van der Waals surface area contributed by atoms with E-state index in [1.807, 2.05) is 42.3 Å². The molecular weight excluding hydrogens is 320 g/mol. The zero-order valence-corrected chi connectivity index (χ0v) is 14.6. The summed E-state index contributed by atoms with van der Waals surface area (Å²) in [5.74, 6) is 0.837. The first-order valence-electron chi connectivity index (χ1n) is 7.92. The van der Waals surface area contributed by atoms with Crippen LogP contribution >= 0.6 is 12.2 Å². The number of thiocarbonyl (C=S) groups is 1. The Bertz CT molecular complexity index is 730. The largest absolute Gasteiger partial charge is 0.497 e. The molecule has 2 heterocycles. The summed E-state index contributed by atoms with van der Waals surface area (Å²) >= 11 is 5.50. The molecule has 1 aromatic heterocycles. The van der Waals surface area contributed by atoms with Gasteiger partial charge < -0.3 is 10.1 Å². The lowest BCUT2D eigenvalue weighted by Crippen LogP contribution is -2.36. The Balaban J connectivity index is 1.91. The molecule has 0 amide bonds. The molecule has 124 valence electrons. The predicted molar refractivity (Wildman–Crippen MR) is 99.2 cm³/mol. The maximum Gasteiger partial charge on any atom is 0.190 e. The predicted octanol–water partition coefficient (Wildman–Crippen LogP) is 3.14. The Hall–Kier alpha value is -2.47. The first-order valence-corrected chi connectivity index (χ1v) is 8.33. The minimum Gasteiger partial charge on any atom is -0.497 e. The van der Waals surface area contributed by atoms with Gasteiger partial charge in [0.15, 0.2) is 5.11 Å².